The van der Waals surface area contributed by atoms with Gasteiger partial charge in [-0.2, -0.15) is 13.2 Å². The Labute approximate surface area is 137 Å². The highest BCUT2D eigenvalue weighted by Crippen LogP contribution is 2.37. The van der Waals surface area contributed by atoms with Crippen LogP contribution in [-0.4, -0.2) is 18.1 Å². The van der Waals surface area contributed by atoms with Crippen molar-refractivity contribution in [3.05, 3.63) is 33.8 Å². The fourth-order valence-electron chi connectivity index (χ4n) is 2.82. The van der Waals surface area contributed by atoms with Crippen molar-refractivity contribution in [1.82, 2.24) is 5.32 Å². The summed E-state index contributed by atoms with van der Waals surface area (Å²) in [7, 11) is 0. The van der Waals surface area contributed by atoms with Crippen LogP contribution in [0.4, 0.5) is 13.2 Å². The quantitative estimate of drug-likeness (QED) is 0.832. The molecule has 0 spiro atoms. The monoisotopic (exact) mass is 353 g/mol. The van der Waals surface area contributed by atoms with Gasteiger partial charge in [0, 0.05) is 16.1 Å². The van der Waals surface area contributed by atoms with Crippen LogP contribution in [0.1, 0.15) is 31.2 Å². The fraction of sp³-hybridized carbons (Fsp3) is 0.533. The minimum absolute atomic E-state index is 0.0568. The molecule has 7 heteroatoms. The highest BCUT2D eigenvalue weighted by molar-refractivity contribution is 6.36. The number of rotatable bonds is 3. The molecule has 2 unspecified atom stereocenters. The van der Waals surface area contributed by atoms with Gasteiger partial charge in [0.1, 0.15) is 0 Å². The van der Waals surface area contributed by atoms with Gasteiger partial charge in [-0.1, -0.05) is 42.1 Å². The van der Waals surface area contributed by atoms with Crippen molar-refractivity contribution in [2.24, 2.45) is 5.92 Å². The zero-order chi connectivity index (χ0) is 16.3. The first kappa shape index (κ1) is 17.4. The van der Waals surface area contributed by atoms with Crippen molar-refractivity contribution < 1.29 is 18.0 Å². The summed E-state index contributed by atoms with van der Waals surface area (Å²) in [4.78, 5) is 12.1. The molecule has 1 amide bonds. The molecule has 0 aromatic heterocycles. The van der Waals surface area contributed by atoms with E-state index >= 15 is 0 Å². The van der Waals surface area contributed by atoms with Crippen LogP contribution < -0.4 is 5.32 Å². The molecule has 0 heterocycles. The number of nitrogens with one attached hydrogen (secondary N) is 1. The average Bonchev–Trinajstić information content (AvgIpc) is 2.42. The Morgan fingerprint density at radius 3 is 2.36 bits per heavy atom. The average molecular weight is 354 g/mol. The Kier molecular flexibility index (Phi) is 5.61. The number of alkyl halides is 3. The molecule has 1 aliphatic carbocycles. The number of halogens is 5. The molecular weight excluding hydrogens is 338 g/mol. The highest BCUT2D eigenvalue weighted by Gasteiger charge is 2.45. The van der Waals surface area contributed by atoms with Gasteiger partial charge in [0.2, 0.25) is 5.91 Å². The minimum atomic E-state index is -4.29. The van der Waals surface area contributed by atoms with Gasteiger partial charge in [0.15, 0.2) is 0 Å². The van der Waals surface area contributed by atoms with Crippen molar-refractivity contribution in [3.63, 3.8) is 0 Å². The van der Waals surface area contributed by atoms with Crippen LogP contribution in [0, 0.1) is 5.92 Å². The minimum Gasteiger partial charge on any atom is -0.352 e. The zero-order valence-corrected chi connectivity index (χ0v) is 13.2. The van der Waals surface area contributed by atoms with Gasteiger partial charge in [-0.3, -0.25) is 4.79 Å². The van der Waals surface area contributed by atoms with E-state index in [0.29, 0.717) is 34.9 Å². The van der Waals surface area contributed by atoms with Crippen LogP contribution in [0.15, 0.2) is 18.2 Å². The smallest absolute Gasteiger partial charge is 0.352 e. The van der Waals surface area contributed by atoms with Crippen LogP contribution in [0.25, 0.3) is 0 Å². The first-order chi connectivity index (χ1) is 10.3. The second-order valence-electron chi connectivity index (χ2n) is 5.48. The summed E-state index contributed by atoms with van der Waals surface area (Å²) >= 11 is 11.9. The molecule has 1 aliphatic rings. The van der Waals surface area contributed by atoms with Gasteiger partial charge >= 0.3 is 6.18 Å². The van der Waals surface area contributed by atoms with E-state index in [1.807, 2.05) is 0 Å². The summed E-state index contributed by atoms with van der Waals surface area (Å²) in [5.41, 5.74) is 0.433. The molecule has 1 aromatic carbocycles. The molecule has 1 N–H and O–H groups in total. The maximum absolute atomic E-state index is 13.0. The molecule has 0 radical (unpaired) electrons. The third-order valence-corrected chi connectivity index (χ3v) is 4.64. The summed E-state index contributed by atoms with van der Waals surface area (Å²) < 4.78 is 39.0. The summed E-state index contributed by atoms with van der Waals surface area (Å²) in [6.45, 7) is 0. The molecule has 0 saturated heterocycles. The maximum atomic E-state index is 13.0. The Balaban J connectivity index is 2.04. The molecule has 1 fully saturated rings. The van der Waals surface area contributed by atoms with E-state index in [1.165, 1.54) is 0 Å². The van der Waals surface area contributed by atoms with E-state index in [4.69, 9.17) is 23.2 Å². The largest absolute Gasteiger partial charge is 0.393 e. The van der Waals surface area contributed by atoms with Crippen LogP contribution in [0.3, 0.4) is 0 Å². The summed E-state index contributed by atoms with van der Waals surface area (Å²) in [6, 6.07) is 3.96. The zero-order valence-electron chi connectivity index (χ0n) is 11.7. The van der Waals surface area contributed by atoms with E-state index in [9.17, 15) is 18.0 Å². The third kappa shape index (κ3) is 4.29. The molecule has 0 aliphatic heterocycles. The van der Waals surface area contributed by atoms with Crippen LogP contribution in [-0.2, 0) is 11.2 Å². The standard InChI is InChI=1S/C15H16Cl2F3NO/c16-11-5-3-6-12(17)9(11)8-14(22)21-13-7-2-1-4-10(13)15(18,19)20/h3,5-6,10,13H,1-2,4,7-8H2,(H,21,22). The fourth-order valence-corrected chi connectivity index (χ4v) is 3.35. The summed E-state index contributed by atoms with van der Waals surface area (Å²) in [5, 5.41) is 3.17. The van der Waals surface area contributed by atoms with Crippen LogP contribution >= 0.6 is 23.2 Å². The normalized spacial score (nSPS) is 22.4. The van der Waals surface area contributed by atoms with E-state index in [0.717, 1.165) is 0 Å². The molecule has 1 aromatic rings. The SMILES string of the molecule is O=C(Cc1c(Cl)cccc1Cl)NC1CCCCC1C(F)(F)F. The third-order valence-electron chi connectivity index (χ3n) is 3.93. The predicted octanol–water partition coefficient (Wildman–Crippen LogP) is 4.77. The number of carbonyl (C=O) groups is 1. The molecule has 0 bridgehead atoms. The van der Waals surface area contributed by atoms with E-state index < -0.39 is 24.0 Å². The number of hydrogen-bond donors (Lipinski definition) is 1. The summed E-state index contributed by atoms with van der Waals surface area (Å²) in [5.74, 6) is -1.97. The van der Waals surface area contributed by atoms with Gasteiger partial charge in [-0.25, -0.2) is 0 Å². The second kappa shape index (κ2) is 7.09. The van der Waals surface area contributed by atoms with Crippen LogP contribution in [0.5, 0.6) is 0 Å². The van der Waals surface area contributed by atoms with Crippen molar-refractivity contribution in [3.8, 4) is 0 Å². The first-order valence-electron chi connectivity index (χ1n) is 7.08. The van der Waals surface area contributed by atoms with Gasteiger partial charge in [-0.05, 0) is 30.5 Å². The van der Waals surface area contributed by atoms with Crippen molar-refractivity contribution in [2.45, 2.75) is 44.3 Å². The lowest BCUT2D eigenvalue weighted by Crippen LogP contribution is -2.48. The number of benzene rings is 1. The molecule has 2 atom stereocenters. The van der Waals surface area contributed by atoms with Crippen molar-refractivity contribution in [1.29, 1.82) is 0 Å². The lowest BCUT2D eigenvalue weighted by molar-refractivity contribution is -0.189. The highest BCUT2D eigenvalue weighted by atomic mass is 35.5. The van der Waals surface area contributed by atoms with Crippen molar-refractivity contribution in [2.75, 3.05) is 0 Å². The molecule has 2 rings (SSSR count). The molecule has 22 heavy (non-hydrogen) atoms. The lowest BCUT2D eigenvalue weighted by atomic mass is 9.84. The Morgan fingerprint density at radius 1 is 1.18 bits per heavy atom. The Bertz CT molecular complexity index is 528. The molecule has 2 nitrogen and oxygen atoms in total. The maximum Gasteiger partial charge on any atom is 0.393 e. The summed E-state index contributed by atoms with van der Waals surface area (Å²) in [6.07, 6.45) is -2.80. The van der Waals surface area contributed by atoms with Gasteiger partial charge < -0.3 is 5.32 Å². The molecule has 1 saturated carbocycles. The lowest BCUT2D eigenvalue weighted by Gasteiger charge is -2.33. The van der Waals surface area contributed by atoms with E-state index in [-0.39, 0.29) is 12.8 Å². The van der Waals surface area contributed by atoms with Crippen LogP contribution in [0.2, 0.25) is 10.0 Å². The van der Waals surface area contributed by atoms with Crippen molar-refractivity contribution >= 4 is 29.1 Å². The number of hydrogen-bond acceptors (Lipinski definition) is 1. The number of amides is 1. The Hall–Kier alpha value is -0.940. The molecular formula is C15H16Cl2F3NO. The first-order valence-corrected chi connectivity index (χ1v) is 7.83. The Morgan fingerprint density at radius 2 is 1.77 bits per heavy atom. The van der Waals surface area contributed by atoms with E-state index in [2.05, 4.69) is 5.32 Å². The van der Waals surface area contributed by atoms with Gasteiger partial charge in [-0.15, -0.1) is 0 Å². The second-order valence-corrected chi connectivity index (χ2v) is 6.30. The van der Waals surface area contributed by atoms with Gasteiger partial charge in [0.25, 0.3) is 0 Å². The topological polar surface area (TPSA) is 29.1 Å². The number of carbonyl (C=O) groups excluding carboxylic acids is 1. The molecule has 122 valence electrons. The van der Waals surface area contributed by atoms with Gasteiger partial charge in [0.05, 0.1) is 12.3 Å². The predicted molar refractivity (Wildman–Crippen MR) is 80.1 cm³/mol. The van der Waals surface area contributed by atoms with E-state index in [1.54, 1.807) is 18.2 Å².